The van der Waals surface area contributed by atoms with E-state index in [1.807, 2.05) is 28.8 Å². The fourth-order valence-electron chi connectivity index (χ4n) is 3.90. The molecule has 0 amide bonds. The van der Waals surface area contributed by atoms with Crippen molar-refractivity contribution in [1.29, 1.82) is 0 Å². The van der Waals surface area contributed by atoms with Crippen LogP contribution in [0.4, 0.5) is 11.6 Å². The lowest BCUT2D eigenvalue weighted by molar-refractivity contribution is -0.669. The maximum atomic E-state index is 13.2. The van der Waals surface area contributed by atoms with Crippen molar-refractivity contribution >= 4 is 44.7 Å². The number of H-pyrrole nitrogens is 1. The molecule has 3 heterocycles. The van der Waals surface area contributed by atoms with Gasteiger partial charge >= 0.3 is 17.6 Å². The van der Waals surface area contributed by atoms with Gasteiger partial charge in [-0.3, -0.25) is 14.2 Å². The molecule has 1 aliphatic heterocycles. The van der Waals surface area contributed by atoms with E-state index >= 15 is 0 Å². The molecule has 9 nitrogen and oxygen atoms in total. The van der Waals surface area contributed by atoms with E-state index in [4.69, 9.17) is 4.74 Å². The largest absolute Gasteiger partial charge is 0.465 e. The summed E-state index contributed by atoms with van der Waals surface area (Å²) < 4.78 is 10.1. The molecule has 0 bridgehead atoms. The Morgan fingerprint density at radius 3 is 2.67 bits per heavy atom. The van der Waals surface area contributed by atoms with Crippen LogP contribution in [0.15, 0.2) is 38.3 Å². The average molecular weight is 477 g/mol. The van der Waals surface area contributed by atoms with Gasteiger partial charge in [-0.25, -0.2) is 23.8 Å². The molecule has 4 rings (SSSR count). The Hall–Kier alpha value is -2.88. The van der Waals surface area contributed by atoms with Crippen LogP contribution in [0.5, 0.6) is 0 Å². The van der Waals surface area contributed by atoms with Gasteiger partial charge in [0, 0.05) is 17.4 Å². The summed E-state index contributed by atoms with van der Waals surface area (Å²) in [4.78, 5) is 43.3. The van der Waals surface area contributed by atoms with Crippen LogP contribution in [0.2, 0.25) is 0 Å². The predicted molar refractivity (Wildman–Crippen MR) is 115 cm³/mol. The molecule has 0 radical (unpaired) electrons. The van der Waals surface area contributed by atoms with Crippen molar-refractivity contribution in [1.82, 2.24) is 14.1 Å². The first-order valence-electron chi connectivity index (χ1n) is 9.75. The van der Waals surface area contributed by atoms with E-state index in [2.05, 4.69) is 32.7 Å². The number of fused-ring (bicyclic) bond motifs is 3. The lowest BCUT2D eigenvalue weighted by atomic mass is 10.1. The summed E-state index contributed by atoms with van der Waals surface area (Å²) in [5.74, 6) is 0.377. The zero-order valence-corrected chi connectivity index (χ0v) is 18.6. The zero-order chi connectivity index (χ0) is 21.6. The number of esters is 1. The summed E-state index contributed by atoms with van der Waals surface area (Å²) in [6.07, 6.45) is 0. The highest BCUT2D eigenvalue weighted by molar-refractivity contribution is 9.10. The normalized spacial score (nSPS) is 16.0. The van der Waals surface area contributed by atoms with Crippen LogP contribution in [-0.2, 0) is 29.7 Å². The van der Waals surface area contributed by atoms with E-state index in [0.717, 1.165) is 27.2 Å². The number of benzene rings is 1. The van der Waals surface area contributed by atoms with Gasteiger partial charge in [0.1, 0.15) is 12.2 Å². The number of nitrogens with zero attached hydrogens (tertiary/aromatic N) is 4. The molecule has 0 fully saturated rings. The topological polar surface area (TPSA) is 93.2 Å². The van der Waals surface area contributed by atoms with Crippen molar-refractivity contribution in [3.05, 3.63) is 49.6 Å². The second-order valence-electron chi connectivity index (χ2n) is 7.49. The molecule has 0 aliphatic carbocycles. The minimum absolute atomic E-state index is 0.185. The predicted octanol–water partition coefficient (Wildman–Crippen LogP) is 1.43. The third-order valence-corrected chi connectivity index (χ3v) is 5.78. The Bertz CT molecular complexity index is 1240. The molecule has 3 aromatic rings. The van der Waals surface area contributed by atoms with Crippen molar-refractivity contribution in [2.45, 2.75) is 26.9 Å². The molecule has 2 aromatic heterocycles. The number of hydrogen-bond acceptors (Lipinski definition) is 5. The number of ether oxygens (including phenoxy) is 1. The van der Waals surface area contributed by atoms with E-state index < -0.39 is 23.8 Å². The molecular weight excluding hydrogens is 454 g/mol. The van der Waals surface area contributed by atoms with Gasteiger partial charge in [0.2, 0.25) is 11.2 Å². The molecule has 158 valence electrons. The van der Waals surface area contributed by atoms with Gasteiger partial charge < -0.3 is 4.74 Å². The highest BCUT2D eigenvalue weighted by Gasteiger charge is 2.36. The van der Waals surface area contributed by atoms with E-state index in [-0.39, 0.29) is 12.5 Å². The van der Waals surface area contributed by atoms with Crippen LogP contribution in [0.3, 0.4) is 0 Å². The Labute approximate surface area is 180 Å². The second-order valence-corrected chi connectivity index (χ2v) is 8.40. The number of aryl methyl sites for hydroxylation is 1. The van der Waals surface area contributed by atoms with Gasteiger partial charge in [-0.2, -0.15) is 0 Å². The molecule has 1 atom stereocenters. The fraction of sp³-hybridized carbons (Fsp3) is 0.400. The van der Waals surface area contributed by atoms with Gasteiger partial charge in [0.05, 0.1) is 19.7 Å². The monoisotopic (exact) mass is 476 g/mol. The number of aromatic nitrogens is 4. The summed E-state index contributed by atoms with van der Waals surface area (Å²) in [7, 11) is 1.58. The van der Waals surface area contributed by atoms with Crippen molar-refractivity contribution in [3.8, 4) is 0 Å². The first-order valence-corrected chi connectivity index (χ1v) is 10.5. The number of aromatic amines is 1. The maximum Gasteiger partial charge on any atom is 0.364 e. The number of hydrogen-bond donors (Lipinski definition) is 1. The zero-order valence-electron chi connectivity index (χ0n) is 17.0. The third-order valence-electron chi connectivity index (χ3n) is 5.26. The second kappa shape index (κ2) is 7.75. The average Bonchev–Trinajstić information content (AvgIpc) is 3.09. The number of nitrogens with one attached hydrogen (secondary N) is 1. The van der Waals surface area contributed by atoms with Crippen LogP contribution in [0, 0.1) is 5.92 Å². The first kappa shape index (κ1) is 20.4. The molecule has 0 saturated heterocycles. The number of anilines is 2. The summed E-state index contributed by atoms with van der Waals surface area (Å²) in [6.45, 7) is 4.94. The number of imidazole rings is 1. The van der Waals surface area contributed by atoms with Crippen LogP contribution >= 0.6 is 15.9 Å². The van der Waals surface area contributed by atoms with Crippen molar-refractivity contribution in [3.63, 3.8) is 0 Å². The van der Waals surface area contributed by atoms with E-state index in [9.17, 15) is 14.4 Å². The number of halogens is 1. The van der Waals surface area contributed by atoms with Gasteiger partial charge in [-0.15, -0.1) is 0 Å². The summed E-state index contributed by atoms with van der Waals surface area (Å²) in [5.41, 5.74) is 0.694. The third kappa shape index (κ3) is 3.34. The lowest BCUT2D eigenvalue weighted by Gasteiger charge is -2.26. The van der Waals surface area contributed by atoms with E-state index in [1.165, 1.54) is 4.57 Å². The van der Waals surface area contributed by atoms with Gasteiger partial charge in [-0.1, -0.05) is 22.9 Å². The standard InChI is InChI=1S/C20H22BrN5O4/c1-4-30-15(27)11-26-18(28)16-17(23(3)20(26)29)22-19-24(9-12(2)10-25(16)19)14-7-5-13(21)6-8-14/h5-8,12H,4,9-11H2,1-3H3/p+1/t12-/m0/s1. The Morgan fingerprint density at radius 1 is 1.30 bits per heavy atom. The van der Waals surface area contributed by atoms with Gasteiger partial charge in [0.15, 0.2) is 0 Å². The van der Waals surface area contributed by atoms with Crippen LogP contribution in [0.1, 0.15) is 13.8 Å². The number of carbonyl (C=O) groups is 1. The summed E-state index contributed by atoms with van der Waals surface area (Å²) in [5, 5.41) is 0. The van der Waals surface area contributed by atoms with Crippen molar-refractivity contribution in [2.24, 2.45) is 13.0 Å². The minimum atomic E-state index is -0.615. The maximum absolute atomic E-state index is 13.2. The molecule has 0 saturated carbocycles. The molecule has 1 aromatic carbocycles. The van der Waals surface area contributed by atoms with Crippen molar-refractivity contribution in [2.75, 3.05) is 18.1 Å². The van der Waals surface area contributed by atoms with Gasteiger partial charge in [-0.05, 0) is 31.2 Å². The Morgan fingerprint density at radius 2 is 2.00 bits per heavy atom. The molecule has 1 N–H and O–H groups in total. The highest BCUT2D eigenvalue weighted by Crippen LogP contribution is 2.28. The smallest absolute Gasteiger partial charge is 0.364 e. The molecule has 0 spiro atoms. The Kier molecular flexibility index (Phi) is 5.27. The van der Waals surface area contributed by atoms with Gasteiger partial charge in [0.25, 0.3) is 5.56 Å². The molecule has 1 aliphatic rings. The molecule has 30 heavy (non-hydrogen) atoms. The molecule has 0 unspecified atom stereocenters. The minimum Gasteiger partial charge on any atom is -0.465 e. The quantitative estimate of drug-likeness (QED) is 0.454. The Balaban J connectivity index is 1.93. The van der Waals surface area contributed by atoms with E-state index in [1.54, 1.807) is 14.0 Å². The van der Waals surface area contributed by atoms with Crippen molar-refractivity contribution < 1.29 is 14.1 Å². The highest BCUT2D eigenvalue weighted by atomic mass is 79.9. The number of rotatable bonds is 4. The van der Waals surface area contributed by atoms with E-state index in [0.29, 0.717) is 17.7 Å². The first-order chi connectivity index (χ1) is 14.3. The van der Waals surface area contributed by atoms with Crippen LogP contribution in [-0.4, -0.2) is 33.2 Å². The SMILES string of the molecule is CCOC(=O)Cn1c(=O)c2c([nH]c3[n+]2C[C@@H](C)CN3c2ccc(Br)cc2)n(C)c1=O. The van der Waals surface area contributed by atoms with Crippen LogP contribution in [0.25, 0.3) is 11.2 Å². The summed E-state index contributed by atoms with van der Waals surface area (Å²) >= 11 is 3.46. The summed E-state index contributed by atoms with van der Waals surface area (Å²) in [6, 6.07) is 7.92. The van der Waals surface area contributed by atoms with Crippen LogP contribution < -0.4 is 20.7 Å². The fourth-order valence-corrected chi connectivity index (χ4v) is 4.16. The number of carbonyl (C=O) groups excluding carboxylic acids is 1. The molecular formula is C20H23BrN5O4+. The molecule has 10 heteroatoms. The lowest BCUT2D eigenvalue weighted by Crippen LogP contribution is -2.52.